The van der Waals surface area contributed by atoms with Crippen LogP contribution in [0.5, 0.6) is 0 Å². The Morgan fingerprint density at radius 2 is 2.00 bits per heavy atom. The molecule has 1 heterocycles. The molecule has 1 saturated carbocycles. The van der Waals surface area contributed by atoms with E-state index in [2.05, 4.69) is 29.0 Å². The molecule has 0 aliphatic heterocycles. The Balaban J connectivity index is 2.06. The number of hydrogen-bond acceptors (Lipinski definition) is 4. The van der Waals surface area contributed by atoms with Crippen molar-refractivity contribution < 1.29 is 8.42 Å². The summed E-state index contributed by atoms with van der Waals surface area (Å²) in [7, 11) is -3.43. The van der Waals surface area contributed by atoms with Crippen LogP contribution in [-0.2, 0) is 16.6 Å². The number of sulfonamides is 1. The lowest BCUT2D eigenvalue weighted by Gasteiger charge is -2.09. The van der Waals surface area contributed by atoms with E-state index in [9.17, 15) is 8.42 Å². The van der Waals surface area contributed by atoms with E-state index in [-0.39, 0.29) is 6.04 Å². The summed E-state index contributed by atoms with van der Waals surface area (Å²) in [5.41, 5.74) is 1.31. The van der Waals surface area contributed by atoms with Gasteiger partial charge in [-0.25, -0.2) is 13.1 Å². The highest BCUT2D eigenvalue weighted by molar-refractivity contribution is 7.89. The van der Waals surface area contributed by atoms with Crippen LogP contribution < -0.4 is 10.0 Å². The molecule has 2 N–H and O–H groups in total. The Morgan fingerprint density at radius 1 is 1.33 bits per heavy atom. The molecule has 120 valence electrons. The number of aromatic nitrogens is 2. The van der Waals surface area contributed by atoms with Crippen molar-refractivity contribution in [2.75, 3.05) is 6.54 Å². The lowest BCUT2D eigenvalue weighted by atomic mass is 10.3. The molecule has 0 spiro atoms. The third kappa shape index (κ3) is 4.28. The standard InChI is InChI=1S/C14H26N4O2S/c1-10(2)15-8-5-9-18-12(4)14(11(3)16-18)21(19,20)17-13-6-7-13/h10,13,15,17H,5-9H2,1-4H3. The summed E-state index contributed by atoms with van der Waals surface area (Å²) in [5.74, 6) is 0. The SMILES string of the molecule is Cc1nn(CCCNC(C)C)c(C)c1S(=O)(=O)NC1CC1. The van der Waals surface area contributed by atoms with Crippen LogP contribution in [0.4, 0.5) is 0 Å². The molecule has 1 fully saturated rings. The van der Waals surface area contributed by atoms with Gasteiger partial charge in [0.1, 0.15) is 4.90 Å². The van der Waals surface area contributed by atoms with Crippen LogP contribution in [-0.4, -0.2) is 36.8 Å². The van der Waals surface area contributed by atoms with Crippen molar-refractivity contribution in [1.29, 1.82) is 0 Å². The van der Waals surface area contributed by atoms with E-state index in [4.69, 9.17) is 0 Å². The molecule has 1 aromatic rings. The third-order valence-corrected chi connectivity index (χ3v) is 5.35. The summed E-state index contributed by atoms with van der Waals surface area (Å²) in [6, 6.07) is 0.580. The number of rotatable bonds is 8. The van der Waals surface area contributed by atoms with Crippen LogP contribution in [0, 0.1) is 13.8 Å². The van der Waals surface area contributed by atoms with Crippen LogP contribution >= 0.6 is 0 Å². The minimum atomic E-state index is -3.43. The molecule has 0 saturated heterocycles. The number of aryl methyl sites for hydroxylation is 2. The first-order valence-corrected chi connectivity index (χ1v) is 9.09. The average molecular weight is 314 g/mol. The summed E-state index contributed by atoms with van der Waals surface area (Å²) in [4.78, 5) is 0.353. The van der Waals surface area contributed by atoms with E-state index in [1.165, 1.54) is 0 Å². The molecule has 7 heteroatoms. The van der Waals surface area contributed by atoms with Gasteiger partial charge in [-0.05, 0) is 39.7 Å². The Hall–Kier alpha value is -0.920. The first kappa shape index (κ1) is 16.5. The van der Waals surface area contributed by atoms with Gasteiger partial charge < -0.3 is 5.32 Å². The molecular weight excluding hydrogens is 288 g/mol. The van der Waals surface area contributed by atoms with Crippen molar-refractivity contribution in [1.82, 2.24) is 19.8 Å². The second-order valence-corrected chi connectivity index (χ2v) is 7.73. The fraction of sp³-hybridized carbons (Fsp3) is 0.786. The predicted octanol–water partition coefficient (Wildman–Crippen LogP) is 1.33. The van der Waals surface area contributed by atoms with Gasteiger partial charge in [-0.2, -0.15) is 5.10 Å². The molecule has 2 rings (SSSR count). The summed E-state index contributed by atoms with van der Waals surface area (Å²) in [6.07, 6.45) is 2.80. The average Bonchev–Trinajstić information content (AvgIpc) is 3.09. The topological polar surface area (TPSA) is 76.0 Å². The van der Waals surface area contributed by atoms with E-state index in [1.54, 1.807) is 11.6 Å². The Kier molecular flexibility index (Phi) is 5.06. The highest BCUT2D eigenvalue weighted by Crippen LogP contribution is 2.25. The van der Waals surface area contributed by atoms with Crippen molar-refractivity contribution in [3.63, 3.8) is 0 Å². The smallest absolute Gasteiger partial charge is 0.244 e. The Morgan fingerprint density at radius 3 is 2.57 bits per heavy atom. The zero-order valence-corrected chi connectivity index (χ0v) is 14.1. The molecule has 0 radical (unpaired) electrons. The fourth-order valence-corrected chi connectivity index (χ4v) is 4.10. The first-order chi connectivity index (χ1) is 9.81. The minimum Gasteiger partial charge on any atom is -0.314 e. The molecule has 0 bridgehead atoms. The highest BCUT2D eigenvalue weighted by Gasteiger charge is 2.31. The van der Waals surface area contributed by atoms with Gasteiger partial charge in [-0.1, -0.05) is 13.8 Å². The number of nitrogens with zero attached hydrogens (tertiary/aromatic N) is 2. The second-order valence-electron chi connectivity index (χ2n) is 6.08. The normalized spacial score (nSPS) is 15.9. The van der Waals surface area contributed by atoms with Crippen LogP contribution in [0.25, 0.3) is 0 Å². The van der Waals surface area contributed by atoms with Gasteiger partial charge in [0, 0.05) is 18.6 Å². The minimum absolute atomic E-state index is 0.118. The van der Waals surface area contributed by atoms with Gasteiger partial charge in [0.25, 0.3) is 0 Å². The molecule has 6 nitrogen and oxygen atoms in total. The van der Waals surface area contributed by atoms with Crippen molar-refractivity contribution in [3.05, 3.63) is 11.4 Å². The maximum Gasteiger partial charge on any atom is 0.244 e. The van der Waals surface area contributed by atoms with Crippen LogP contribution in [0.15, 0.2) is 4.90 Å². The van der Waals surface area contributed by atoms with E-state index in [0.29, 0.717) is 16.6 Å². The summed E-state index contributed by atoms with van der Waals surface area (Å²) >= 11 is 0. The van der Waals surface area contributed by atoms with Crippen molar-refractivity contribution in [2.45, 2.75) is 70.5 Å². The van der Waals surface area contributed by atoms with Gasteiger partial charge in [0.15, 0.2) is 0 Å². The Bertz CT molecular complexity index is 588. The Labute approximate surface area is 127 Å². The molecule has 0 unspecified atom stereocenters. The molecule has 0 aromatic carbocycles. The lowest BCUT2D eigenvalue weighted by Crippen LogP contribution is -2.27. The largest absolute Gasteiger partial charge is 0.314 e. The quantitative estimate of drug-likeness (QED) is 0.710. The molecule has 1 aliphatic rings. The van der Waals surface area contributed by atoms with Crippen LogP contribution in [0.2, 0.25) is 0 Å². The van der Waals surface area contributed by atoms with E-state index in [1.807, 2.05) is 6.92 Å². The van der Waals surface area contributed by atoms with Gasteiger partial charge in [0.05, 0.1) is 11.4 Å². The highest BCUT2D eigenvalue weighted by atomic mass is 32.2. The van der Waals surface area contributed by atoms with E-state index < -0.39 is 10.0 Å². The van der Waals surface area contributed by atoms with Crippen molar-refractivity contribution >= 4 is 10.0 Å². The molecule has 0 atom stereocenters. The van der Waals surface area contributed by atoms with E-state index in [0.717, 1.165) is 38.0 Å². The fourth-order valence-electron chi connectivity index (χ4n) is 2.39. The molecular formula is C14H26N4O2S. The van der Waals surface area contributed by atoms with Crippen LogP contribution in [0.3, 0.4) is 0 Å². The number of hydrogen-bond donors (Lipinski definition) is 2. The molecule has 1 aromatic heterocycles. The summed E-state index contributed by atoms with van der Waals surface area (Å²) < 4.78 is 29.3. The molecule has 1 aliphatic carbocycles. The summed E-state index contributed by atoms with van der Waals surface area (Å²) in [6.45, 7) is 9.44. The van der Waals surface area contributed by atoms with Gasteiger partial charge in [-0.3, -0.25) is 4.68 Å². The van der Waals surface area contributed by atoms with Gasteiger partial charge in [-0.15, -0.1) is 0 Å². The van der Waals surface area contributed by atoms with Crippen LogP contribution in [0.1, 0.15) is 44.5 Å². The predicted molar refractivity (Wildman–Crippen MR) is 82.8 cm³/mol. The third-order valence-electron chi connectivity index (χ3n) is 3.58. The van der Waals surface area contributed by atoms with Crippen molar-refractivity contribution in [3.8, 4) is 0 Å². The van der Waals surface area contributed by atoms with Gasteiger partial charge >= 0.3 is 0 Å². The maximum absolute atomic E-state index is 12.4. The lowest BCUT2D eigenvalue weighted by molar-refractivity contribution is 0.505. The number of nitrogens with one attached hydrogen (secondary N) is 2. The van der Waals surface area contributed by atoms with E-state index >= 15 is 0 Å². The second kappa shape index (κ2) is 6.46. The zero-order valence-electron chi connectivity index (χ0n) is 13.3. The molecule has 21 heavy (non-hydrogen) atoms. The first-order valence-electron chi connectivity index (χ1n) is 7.61. The maximum atomic E-state index is 12.4. The van der Waals surface area contributed by atoms with Crippen molar-refractivity contribution in [2.24, 2.45) is 0 Å². The zero-order chi connectivity index (χ0) is 15.6. The van der Waals surface area contributed by atoms with Gasteiger partial charge in [0.2, 0.25) is 10.0 Å². The summed E-state index contributed by atoms with van der Waals surface area (Å²) in [5, 5.41) is 7.74. The monoisotopic (exact) mass is 314 g/mol. The molecule has 0 amide bonds.